The first kappa shape index (κ1) is 16.4. The van der Waals surface area contributed by atoms with Crippen molar-refractivity contribution in [3.05, 3.63) is 17.3 Å². The maximum absolute atomic E-state index is 10.8. The Morgan fingerprint density at radius 3 is 2.78 bits per heavy atom. The summed E-state index contributed by atoms with van der Waals surface area (Å²) in [6.07, 6.45) is -3.29. The Morgan fingerprint density at radius 1 is 1.35 bits per heavy atom. The van der Waals surface area contributed by atoms with Crippen LogP contribution in [-0.4, -0.2) is 53.5 Å². The van der Waals surface area contributed by atoms with Crippen molar-refractivity contribution in [2.24, 2.45) is 5.14 Å². The number of aromatic nitrogens is 2. The number of aliphatic hydroxyl groups is 2. The van der Waals surface area contributed by atoms with E-state index in [1.54, 1.807) is 5.38 Å². The SMILES string of the molecule is Nc1ncnc2c([C@@H]3O[C@H](COS(N)(=O)=O)[C@@H](O)[C@H]3O)csc12. The van der Waals surface area contributed by atoms with E-state index in [1.807, 2.05) is 0 Å². The van der Waals surface area contributed by atoms with Crippen molar-refractivity contribution in [2.45, 2.75) is 24.4 Å². The summed E-state index contributed by atoms with van der Waals surface area (Å²) >= 11 is 1.28. The molecule has 12 heteroatoms. The Kier molecular flexibility index (Phi) is 4.22. The zero-order valence-electron chi connectivity index (χ0n) is 11.6. The Bertz CT molecular complexity index is 825. The molecule has 0 spiro atoms. The zero-order valence-corrected chi connectivity index (χ0v) is 13.2. The van der Waals surface area contributed by atoms with Crippen LogP contribution in [0.1, 0.15) is 11.7 Å². The van der Waals surface area contributed by atoms with Crippen LogP contribution in [0.4, 0.5) is 5.82 Å². The molecule has 3 rings (SSSR count). The zero-order chi connectivity index (χ0) is 16.8. The second-order valence-electron chi connectivity index (χ2n) is 4.98. The number of hydrogen-bond donors (Lipinski definition) is 4. The molecule has 1 aliphatic heterocycles. The third-order valence-corrected chi connectivity index (χ3v) is 4.95. The van der Waals surface area contributed by atoms with Gasteiger partial charge in [0.15, 0.2) is 0 Å². The molecule has 6 N–H and O–H groups in total. The fourth-order valence-corrected chi connectivity index (χ4v) is 3.66. The van der Waals surface area contributed by atoms with E-state index >= 15 is 0 Å². The molecule has 10 nitrogen and oxygen atoms in total. The van der Waals surface area contributed by atoms with E-state index in [0.29, 0.717) is 21.6 Å². The molecule has 0 amide bonds. The van der Waals surface area contributed by atoms with Crippen LogP contribution in [-0.2, 0) is 19.2 Å². The van der Waals surface area contributed by atoms with E-state index in [2.05, 4.69) is 14.2 Å². The largest absolute Gasteiger partial charge is 0.387 e. The number of thiophene rings is 1. The van der Waals surface area contributed by atoms with Gasteiger partial charge >= 0.3 is 10.3 Å². The Labute approximate surface area is 134 Å². The smallest absolute Gasteiger partial charge is 0.333 e. The van der Waals surface area contributed by atoms with Gasteiger partial charge in [0.25, 0.3) is 0 Å². The normalized spacial score (nSPS) is 28.5. The van der Waals surface area contributed by atoms with Crippen molar-refractivity contribution in [3.63, 3.8) is 0 Å². The van der Waals surface area contributed by atoms with Gasteiger partial charge in [-0.05, 0) is 5.38 Å². The fraction of sp³-hybridized carbons (Fsp3) is 0.455. The molecule has 1 saturated heterocycles. The van der Waals surface area contributed by atoms with Crippen molar-refractivity contribution in [1.82, 2.24) is 9.97 Å². The first-order chi connectivity index (χ1) is 10.8. The lowest BCUT2D eigenvalue weighted by Gasteiger charge is -2.13. The van der Waals surface area contributed by atoms with Crippen LogP contribution in [0.15, 0.2) is 11.7 Å². The minimum atomic E-state index is -4.17. The molecule has 1 aliphatic rings. The molecule has 0 unspecified atom stereocenters. The Hall–Kier alpha value is -1.41. The average Bonchev–Trinajstić information content (AvgIpc) is 3.01. The number of hydrogen-bond acceptors (Lipinski definition) is 10. The van der Waals surface area contributed by atoms with Crippen LogP contribution >= 0.6 is 11.3 Å². The maximum atomic E-state index is 10.8. The van der Waals surface area contributed by atoms with Gasteiger partial charge < -0.3 is 20.7 Å². The number of ether oxygens (including phenoxy) is 1. The van der Waals surface area contributed by atoms with Gasteiger partial charge in [0.05, 0.1) is 16.8 Å². The number of anilines is 1. The van der Waals surface area contributed by atoms with Crippen LogP contribution in [0.25, 0.3) is 10.2 Å². The standard InChI is InChI=1S/C11H14N4O6S2/c12-11-10-6(14-3-15-11)4(2-22-10)9-8(17)7(16)5(21-9)1-20-23(13,18)19/h2-3,5,7-9,16-17H,1H2,(H2,12,14,15)(H2,13,18,19)/t5-,7-,8-,9+/m1/s1. The number of nitrogens with two attached hydrogens (primary N) is 2. The van der Waals surface area contributed by atoms with Crippen LogP contribution in [0, 0.1) is 0 Å². The number of nitrogens with zero attached hydrogens (tertiary/aromatic N) is 2. The predicted molar refractivity (Wildman–Crippen MR) is 80.5 cm³/mol. The highest BCUT2D eigenvalue weighted by Gasteiger charge is 2.45. The number of fused-ring (bicyclic) bond motifs is 1. The molecule has 0 aromatic carbocycles. The van der Waals surface area contributed by atoms with Crippen molar-refractivity contribution in [2.75, 3.05) is 12.3 Å². The molecule has 2 aromatic rings. The topological polar surface area (TPSA) is 171 Å². The number of nitrogen functional groups attached to an aromatic ring is 1. The third kappa shape index (κ3) is 3.14. The molecule has 126 valence electrons. The van der Waals surface area contributed by atoms with Gasteiger partial charge in [0, 0.05) is 5.56 Å². The van der Waals surface area contributed by atoms with Gasteiger partial charge in [-0.2, -0.15) is 8.42 Å². The highest BCUT2D eigenvalue weighted by Crippen LogP contribution is 2.39. The highest BCUT2D eigenvalue weighted by molar-refractivity contribution is 7.84. The minimum Gasteiger partial charge on any atom is -0.387 e. The molecule has 2 aromatic heterocycles. The van der Waals surface area contributed by atoms with E-state index in [-0.39, 0.29) is 0 Å². The van der Waals surface area contributed by atoms with Crippen LogP contribution in [0.3, 0.4) is 0 Å². The molecule has 0 radical (unpaired) electrons. The van der Waals surface area contributed by atoms with Gasteiger partial charge in [-0.1, -0.05) is 0 Å². The molecule has 4 atom stereocenters. The average molecular weight is 362 g/mol. The summed E-state index contributed by atoms with van der Waals surface area (Å²) < 4.78 is 32.2. The number of aliphatic hydroxyl groups excluding tert-OH is 2. The van der Waals surface area contributed by atoms with Crippen molar-refractivity contribution < 1.29 is 27.6 Å². The Morgan fingerprint density at radius 2 is 2.09 bits per heavy atom. The molecule has 0 bridgehead atoms. The van der Waals surface area contributed by atoms with Crippen molar-refractivity contribution in [1.29, 1.82) is 0 Å². The first-order valence-electron chi connectivity index (χ1n) is 6.44. The molecule has 23 heavy (non-hydrogen) atoms. The minimum absolute atomic E-state index is 0.299. The molecule has 1 fully saturated rings. The summed E-state index contributed by atoms with van der Waals surface area (Å²) in [6.45, 7) is -0.507. The Balaban J connectivity index is 1.86. The van der Waals surface area contributed by atoms with E-state index in [1.165, 1.54) is 17.7 Å². The quantitative estimate of drug-likeness (QED) is 0.513. The van der Waals surface area contributed by atoms with Crippen LogP contribution in [0.2, 0.25) is 0 Å². The molecule has 0 saturated carbocycles. The fourth-order valence-electron chi connectivity index (χ4n) is 2.39. The van der Waals surface area contributed by atoms with Crippen LogP contribution in [0.5, 0.6) is 0 Å². The summed E-state index contributed by atoms with van der Waals surface area (Å²) in [6, 6.07) is 0. The van der Waals surface area contributed by atoms with Gasteiger partial charge in [0.2, 0.25) is 0 Å². The summed E-state index contributed by atoms with van der Waals surface area (Å²) in [7, 11) is -4.17. The summed E-state index contributed by atoms with van der Waals surface area (Å²) in [5.74, 6) is 0.299. The second-order valence-corrected chi connectivity index (χ2v) is 7.08. The number of rotatable bonds is 4. The van der Waals surface area contributed by atoms with E-state index in [4.69, 9.17) is 15.6 Å². The summed E-state index contributed by atoms with van der Waals surface area (Å²) in [4.78, 5) is 7.99. The lowest BCUT2D eigenvalue weighted by Crippen LogP contribution is -2.34. The predicted octanol–water partition coefficient (Wildman–Crippen LogP) is -1.34. The van der Waals surface area contributed by atoms with E-state index < -0.39 is 41.3 Å². The van der Waals surface area contributed by atoms with E-state index in [9.17, 15) is 18.6 Å². The van der Waals surface area contributed by atoms with Crippen LogP contribution < -0.4 is 10.9 Å². The first-order valence-corrected chi connectivity index (χ1v) is 8.79. The lowest BCUT2D eigenvalue weighted by molar-refractivity contribution is -0.0151. The van der Waals surface area contributed by atoms with E-state index in [0.717, 1.165) is 0 Å². The molecular weight excluding hydrogens is 348 g/mol. The lowest BCUT2D eigenvalue weighted by atomic mass is 10.0. The van der Waals surface area contributed by atoms with Gasteiger partial charge in [-0.15, -0.1) is 11.3 Å². The summed E-state index contributed by atoms with van der Waals surface area (Å²) in [5.41, 5.74) is 6.80. The highest BCUT2D eigenvalue weighted by atomic mass is 32.2. The second kappa shape index (κ2) is 5.90. The monoisotopic (exact) mass is 362 g/mol. The van der Waals surface area contributed by atoms with Crippen molar-refractivity contribution in [3.8, 4) is 0 Å². The summed E-state index contributed by atoms with van der Waals surface area (Å²) in [5, 5.41) is 26.6. The van der Waals surface area contributed by atoms with Crippen molar-refractivity contribution >= 4 is 37.7 Å². The third-order valence-electron chi connectivity index (χ3n) is 3.47. The molecule has 3 heterocycles. The van der Waals surface area contributed by atoms with Gasteiger partial charge in [-0.3, -0.25) is 4.18 Å². The van der Waals surface area contributed by atoms with Gasteiger partial charge in [0.1, 0.15) is 36.6 Å². The maximum Gasteiger partial charge on any atom is 0.333 e. The van der Waals surface area contributed by atoms with Gasteiger partial charge in [-0.25, -0.2) is 15.1 Å². The molecular formula is C11H14N4O6S2. The molecule has 0 aliphatic carbocycles.